The molecule has 0 radical (unpaired) electrons. The quantitative estimate of drug-likeness (QED) is 0.896. The third-order valence-electron chi connectivity index (χ3n) is 2.49. The summed E-state index contributed by atoms with van der Waals surface area (Å²) in [5.41, 5.74) is 7.78. The molecule has 2 heterocycles. The summed E-state index contributed by atoms with van der Waals surface area (Å²) in [4.78, 5) is 8.43. The molecule has 1 unspecified atom stereocenters. The summed E-state index contributed by atoms with van der Waals surface area (Å²) in [5, 5.41) is 0. The van der Waals surface area contributed by atoms with Crippen LogP contribution in [0, 0.1) is 6.92 Å². The highest BCUT2D eigenvalue weighted by molar-refractivity contribution is 5.31. The largest absolute Gasteiger partial charge is 0.437 e. The number of hydrogen-bond donors (Lipinski definition) is 1. The van der Waals surface area contributed by atoms with E-state index in [9.17, 15) is 0 Å². The molecule has 2 rings (SSSR count). The number of nitrogens with two attached hydrogens (primary N) is 1. The molecule has 2 aromatic rings. The van der Waals surface area contributed by atoms with E-state index in [-0.39, 0.29) is 6.04 Å². The first-order chi connectivity index (χ1) is 8.65. The lowest BCUT2D eigenvalue weighted by atomic mass is 10.1. The van der Waals surface area contributed by atoms with Gasteiger partial charge >= 0.3 is 0 Å². The van der Waals surface area contributed by atoms with Gasteiger partial charge in [0.1, 0.15) is 5.75 Å². The van der Waals surface area contributed by atoms with Crippen molar-refractivity contribution >= 4 is 0 Å². The molecule has 0 aliphatic carbocycles. The Labute approximate surface area is 107 Å². The van der Waals surface area contributed by atoms with E-state index in [1.807, 2.05) is 38.1 Å². The number of ether oxygens (including phenoxy) is 1. The van der Waals surface area contributed by atoms with Gasteiger partial charge in [0.25, 0.3) is 0 Å². The lowest BCUT2D eigenvalue weighted by molar-refractivity contribution is 0.451. The van der Waals surface area contributed by atoms with Crippen LogP contribution >= 0.6 is 0 Å². The normalized spacial score (nSPS) is 12.2. The van der Waals surface area contributed by atoms with Gasteiger partial charge in [0.15, 0.2) is 0 Å². The molecule has 0 amide bonds. The predicted molar refractivity (Wildman–Crippen MR) is 70.6 cm³/mol. The van der Waals surface area contributed by atoms with E-state index >= 15 is 0 Å². The number of aryl methyl sites for hydroxylation is 1. The van der Waals surface area contributed by atoms with Crippen molar-refractivity contribution in [3.8, 4) is 11.6 Å². The van der Waals surface area contributed by atoms with Crippen LogP contribution in [-0.2, 0) is 6.42 Å². The molecule has 0 saturated carbocycles. The predicted octanol–water partition coefficient (Wildman–Crippen LogP) is 2.47. The number of rotatable bonds is 4. The maximum absolute atomic E-state index is 5.81. The second kappa shape index (κ2) is 5.60. The van der Waals surface area contributed by atoms with Crippen molar-refractivity contribution < 1.29 is 4.74 Å². The van der Waals surface area contributed by atoms with Crippen molar-refractivity contribution in [1.82, 2.24) is 9.97 Å². The molecular formula is C14H17N3O. The van der Waals surface area contributed by atoms with Crippen LogP contribution in [0.5, 0.6) is 11.6 Å². The number of aromatic nitrogens is 2. The Kier molecular flexibility index (Phi) is 3.89. The molecule has 0 aliphatic rings. The molecule has 1 atom stereocenters. The van der Waals surface area contributed by atoms with Crippen LogP contribution in [0.15, 0.2) is 36.7 Å². The summed E-state index contributed by atoms with van der Waals surface area (Å²) in [7, 11) is 0. The van der Waals surface area contributed by atoms with Gasteiger partial charge in [-0.1, -0.05) is 6.07 Å². The van der Waals surface area contributed by atoms with E-state index in [2.05, 4.69) is 9.97 Å². The highest BCUT2D eigenvalue weighted by Gasteiger charge is 2.08. The minimum absolute atomic E-state index is 0.0766. The Morgan fingerprint density at radius 1 is 1.28 bits per heavy atom. The van der Waals surface area contributed by atoms with Crippen LogP contribution in [0.2, 0.25) is 0 Å². The summed E-state index contributed by atoms with van der Waals surface area (Å²) in [6.45, 7) is 3.90. The van der Waals surface area contributed by atoms with E-state index in [0.717, 1.165) is 17.7 Å². The van der Waals surface area contributed by atoms with Crippen molar-refractivity contribution in [1.29, 1.82) is 0 Å². The molecule has 4 heteroatoms. The van der Waals surface area contributed by atoms with E-state index in [0.29, 0.717) is 11.6 Å². The third kappa shape index (κ3) is 3.28. The van der Waals surface area contributed by atoms with Crippen LogP contribution in [0.1, 0.15) is 18.2 Å². The molecule has 0 fully saturated rings. The summed E-state index contributed by atoms with van der Waals surface area (Å²) < 4.78 is 5.74. The molecule has 0 bridgehead atoms. The first-order valence-electron chi connectivity index (χ1n) is 5.95. The molecule has 18 heavy (non-hydrogen) atoms. The fraction of sp³-hybridized carbons (Fsp3) is 0.286. The van der Waals surface area contributed by atoms with Gasteiger partial charge in [-0.05, 0) is 38.5 Å². The van der Waals surface area contributed by atoms with Gasteiger partial charge in [0, 0.05) is 23.5 Å². The highest BCUT2D eigenvalue weighted by Crippen LogP contribution is 2.23. The van der Waals surface area contributed by atoms with Crippen LogP contribution in [-0.4, -0.2) is 16.0 Å². The molecule has 2 aromatic heterocycles. The molecular weight excluding hydrogens is 226 g/mol. The van der Waals surface area contributed by atoms with Gasteiger partial charge in [-0.15, -0.1) is 0 Å². The van der Waals surface area contributed by atoms with Crippen LogP contribution in [0.4, 0.5) is 0 Å². The zero-order valence-electron chi connectivity index (χ0n) is 10.6. The fourth-order valence-electron chi connectivity index (χ4n) is 1.64. The maximum atomic E-state index is 5.81. The lowest BCUT2D eigenvalue weighted by Crippen LogP contribution is -2.18. The van der Waals surface area contributed by atoms with Crippen LogP contribution in [0.3, 0.4) is 0 Å². The Morgan fingerprint density at radius 2 is 2.11 bits per heavy atom. The van der Waals surface area contributed by atoms with Crippen molar-refractivity contribution in [3.63, 3.8) is 0 Å². The van der Waals surface area contributed by atoms with E-state index in [1.165, 1.54) is 0 Å². The standard InChI is InChI=1S/C14H17N3O/c1-10(15)8-12-4-3-7-16-14(12)18-13-6-5-11(2)17-9-13/h3-7,9-10H,8,15H2,1-2H3. The minimum Gasteiger partial charge on any atom is -0.437 e. The van der Waals surface area contributed by atoms with Crippen LogP contribution in [0.25, 0.3) is 0 Å². The molecule has 2 N–H and O–H groups in total. The van der Waals surface area contributed by atoms with Crippen molar-refractivity contribution in [2.75, 3.05) is 0 Å². The number of pyridine rings is 2. The molecule has 4 nitrogen and oxygen atoms in total. The molecule has 0 aliphatic heterocycles. The molecule has 0 saturated heterocycles. The second-order valence-corrected chi connectivity index (χ2v) is 4.39. The second-order valence-electron chi connectivity index (χ2n) is 4.39. The average molecular weight is 243 g/mol. The monoisotopic (exact) mass is 243 g/mol. The third-order valence-corrected chi connectivity index (χ3v) is 2.49. The summed E-state index contributed by atoms with van der Waals surface area (Å²) >= 11 is 0. The summed E-state index contributed by atoms with van der Waals surface area (Å²) in [5.74, 6) is 1.28. The summed E-state index contributed by atoms with van der Waals surface area (Å²) in [6.07, 6.45) is 4.14. The van der Waals surface area contributed by atoms with Crippen molar-refractivity contribution in [2.45, 2.75) is 26.3 Å². The molecule has 94 valence electrons. The Morgan fingerprint density at radius 3 is 2.78 bits per heavy atom. The molecule has 0 aromatic carbocycles. The first kappa shape index (κ1) is 12.5. The van der Waals surface area contributed by atoms with Crippen LogP contribution < -0.4 is 10.5 Å². The Bertz CT molecular complexity index is 509. The highest BCUT2D eigenvalue weighted by atomic mass is 16.5. The average Bonchev–Trinajstić information content (AvgIpc) is 2.34. The van der Waals surface area contributed by atoms with E-state index < -0.39 is 0 Å². The van der Waals surface area contributed by atoms with E-state index in [1.54, 1.807) is 12.4 Å². The van der Waals surface area contributed by atoms with Gasteiger partial charge in [-0.2, -0.15) is 0 Å². The van der Waals surface area contributed by atoms with Gasteiger partial charge in [-0.3, -0.25) is 4.98 Å². The number of hydrogen-bond acceptors (Lipinski definition) is 4. The number of nitrogens with zero attached hydrogens (tertiary/aromatic N) is 2. The van der Waals surface area contributed by atoms with Crippen molar-refractivity contribution in [2.24, 2.45) is 5.73 Å². The zero-order valence-corrected chi connectivity index (χ0v) is 10.6. The SMILES string of the molecule is Cc1ccc(Oc2ncccc2CC(C)N)cn1. The molecule has 0 spiro atoms. The zero-order chi connectivity index (χ0) is 13.0. The van der Waals surface area contributed by atoms with Gasteiger partial charge in [-0.25, -0.2) is 4.98 Å². The van der Waals surface area contributed by atoms with Gasteiger partial charge in [0.05, 0.1) is 6.20 Å². The summed E-state index contributed by atoms with van der Waals surface area (Å²) in [6, 6.07) is 7.73. The Hall–Kier alpha value is -1.94. The first-order valence-corrected chi connectivity index (χ1v) is 5.95. The smallest absolute Gasteiger partial charge is 0.222 e. The lowest BCUT2D eigenvalue weighted by Gasteiger charge is -2.11. The maximum Gasteiger partial charge on any atom is 0.222 e. The minimum atomic E-state index is 0.0766. The topological polar surface area (TPSA) is 61.0 Å². The van der Waals surface area contributed by atoms with E-state index in [4.69, 9.17) is 10.5 Å². The Balaban J connectivity index is 2.20. The van der Waals surface area contributed by atoms with Crippen molar-refractivity contribution in [3.05, 3.63) is 47.9 Å². The fourth-order valence-corrected chi connectivity index (χ4v) is 1.64. The van der Waals surface area contributed by atoms with Gasteiger partial charge in [0.2, 0.25) is 5.88 Å². The van der Waals surface area contributed by atoms with Gasteiger partial charge < -0.3 is 10.5 Å².